The highest BCUT2D eigenvalue weighted by Gasteiger charge is 2.04. The first-order chi connectivity index (χ1) is 7.90. The molecule has 5 heteroatoms. The van der Waals surface area contributed by atoms with E-state index in [1.165, 1.54) is 11.9 Å². The van der Waals surface area contributed by atoms with Gasteiger partial charge >= 0.3 is 0 Å². The van der Waals surface area contributed by atoms with E-state index in [1.807, 2.05) is 25.1 Å². The number of benzene rings is 1. The van der Waals surface area contributed by atoms with Crippen LogP contribution in [-0.4, -0.2) is 21.8 Å². The van der Waals surface area contributed by atoms with Crippen molar-refractivity contribution in [3.63, 3.8) is 0 Å². The van der Waals surface area contributed by atoms with Gasteiger partial charge in [-0.1, -0.05) is 30.0 Å². The summed E-state index contributed by atoms with van der Waals surface area (Å²) in [5, 5.41) is 7.45. The van der Waals surface area contributed by atoms with Gasteiger partial charge in [-0.2, -0.15) is 5.10 Å². The maximum atomic E-state index is 5.55. The second kappa shape index (κ2) is 5.55. The normalized spacial score (nSPS) is 10.3. The Hall–Kier alpha value is -1.49. The lowest BCUT2D eigenvalue weighted by atomic mass is 10.2. The van der Waals surface area contributed by atoms with Gasteiger partial charge < -0.3 is 4.74 Å². The Bertz CT molecular complexity index is 431. The lowest BCUT2D eigenvalue weighted by Crippen LogP contribution is -1.95. The van der Waals surface area contributed by atoms with Crippen molar-refractivity contribution < 1.29 is 4.74 Å². The van der Waals surface area contributed by atoms with Crippen LogP contribution in [0, 0.1) is 0 Å². The highest BCUT2D eigenvalue weighted by atomic mass is 32.2. The molecule has 1 heterocycles. The summed E-state index contributed by atoms with van der Waals surface area (Å²) in [5.41, 5.74) is 1.17. The molecule has 0 atom stereocenters. The van der Waals surface area contributed by atoms with Crippen LogP contribution in [0.3, 0.4) is 0 Å². The van der Waals surface area contributed by atoms with Crippen molar-refractivity contribution in [2.45, 2.75) is 17.8 Å². The van der Waals surface area contributed by atoms with Crippen LogP contribution in [0.5, 0.6) is 5.75 Å². The van der Waals surface area contributed by atoms with Crippen LogP contribution < -0.4 is 4.74 Å². The minimum Gasteiger partial charge on any atom is -0.494 e. The second-order valence-electron chi connectivity index (χ2n) is 3.12. The fourth-order valence-electron chi connectivity index (χ4n) is 1.33. The van der Waals surface area contributed by atoms with Crippen molar-refractivity contribution in [2.75, 3.05) is 6.61 Å². The van der Waals surface area contributed by atoms with E-state index in [0.717, 1.165) is 16.7 Å². The molecule has 0 amide bonds. The summed E-state index contributed by atoms with van der Waals surface area (Å²) >= 11 is 1.61. The fourth-order valence-corrected chi connectivity index (χ4v) is 2.10. The average molecular weight is 235 g/mol. The number of thioether (sulfide) groups is 1. The summed E-state index contributed by atoms with van der Waals surface area (Å²) in [4.78, 5) is 4.06. The van der Waals surface area contributed by atoms with E-state index < -0.39 is 0 Å². The zero-order valence-electron chi connectivity index (χ0n) is 9.01. The first-order valence-corrected chi connectivity index (χ1v) is 6.07. The molecule has 0 fully saturated rings. The molecule has 0 bridgehead atoms. The predicted molar refractivity (Wildman–Crippen MR) is 63.6 cm³/mol. The van der Waals surface area contributed by atoms with Gasteiger partial charge in [0.1, 0.15) is 12.1 Å². The van der Waals surface area contributed by atoms with Gasteiger partial charge in [-0.3, -0.25) is 5.10 Å². The standard InChI is InChI=1S/C11H13N3OS/c1-2-15-10-6-4-3-5-9(10)7-16-11-12-8-13-14-11/h3-6,8H,2,7H2,1H3,(H,12,13,14). The van der Waals surface area contributed by atoms with Crippen molar-refractivity contribution in [3.05, 3.63) is 36.2 Å². The summed E-state index contributed by atoms with van der Waals surface area (Å²) in [6.45, 7) is 2.67. The minimum atomic E-state index is 0.685. The Balaban J connectivity index is 2.03. The molecule has 0 radical (unpaired) electrons. The monoisotopic (exact) mass is 235 g/mol. The summed E-state index contributed by atoms with van der Waals surface area (Å²) < 4.78 is 5.55. The Morgan fingerprint density at radius 1 is 1.38 bits per heavy atom. The lowest BCUT2D eigenvalue weighted by molar-refractivity contribution is 0.337. The quantitative estimate of drug-likeness (QED) is 0.809. The topological polar surface area (TPSA) is 50.8 Å². The maximum absolute atomic E-state index is 5.55. The number of hydrogen-bond donors (Lipinski definition) is 1. The molecule has 0 spiro atoms. The zero-order chi connectivity index (χ0) is 11.2. The number of hydrogen-bond acceptors (Lipinski definition) is 4. The third-order valence-corrected chi connectivity index (χ3v) is 2.96. The molecule has 0 aliphatic heterocycles. The molecule has 1 N–H and O–H groups in total. The molecule has 0 aliphatic rings. The van der Waals surface area contributed by atoms with Crippen LogP contribution >= 0.6 is 11.8 Å². The molecule has 84 valence electrons. The maximum Gasteiger partial charge on any atom is 0.183 e. The van der Waals surface area contributed by atoms with Crippen molar-refractivity contribution in [2.24, 2.45) is 0 Å². The van der Waals surface area contributed by atoms with Crippen molar-refractivity contribution in [3.8, 4) is 5.75 Å². The number of H-pyrrole nitrogens is 1. The SMILES string of the molecule is CCOc1ccccc1CSc1ncn[nH]1. The molecular weight excluding hydrogens is 222 g/mol. The molecule has 0 aliphatic carbocycles. The number of rotatable bonds is 5. The van der Waals surface area contributed by atoms with E-state index >= 15 is 0 Å². The third kappa shape index (κ3) is 2.76. The van der Waals surface area contributed by atoms with E-state index in [9.17, 15) is 0 Å². The Morgan fingerprint density at radius 3 is 3.00 bits per heavy atom. The van der Waals surface area contributed by atoms with E-state index in [0.29, 0.717) is 6.61 Å². The van der Waals surface area contributed by atoms with Gasteiger partial charge in [0.2, 0.25) is 0 Å². The Kier molecular flexibility index (Phi) is 3.82. The summed E-state index contributed by atoms with van der Waals surface area (Å²) in [6.07, 6.45) is 1.51. The number of aromatic amines is 1. The molecule has 0 saturated carbocycles. The van der Waals surface area contributed by atoms with Crippen molar-refractivity contribution in [1.82, 2.24) is 15.2 Å². The van der Waals surface area contributed by atoms with Crippen LogP contribution in [0.15, 0.2) is 35.7 Å². The highest BCUT2D eigenvalue weighted by Crippen LogP contribution is 2.25. The zero-order valence-corrected chi connectivity index (χ0v) is 9.83. The van der Waals surface area contributed by atoms with E-state index in [2.05, 4.69) is 21.2 Å². The number of nitrogens with zero attached hydrogens (tertiary/aromatic N) is 2. The van der Waals surface area contributed by atoms with Crippen LogP contribution in [0.25, 0.3) is 0 Å². The van der Waals surface area contributed by atoms with Crippen molar-refractivity contribution in [1.29, 1.82) is 0 Å². The largest absolute Gasteiger partial charge is 0.494 e. The molecule has 1 aromatic carbocycles. The third-order valence-electron chi connectivity index (χ3n) is 2.03. The molecule has 1 aromatic heterocycles. The summed E-state index contributed by atoms with van der Waals surface area (Å²) in [6, 6.07) is 8.04. The average Bonchev–Trinajstić information content (AvgIpc) is 2.81. The predicted octanol–water partition coefficient (Wildman–Crippen LogP) is 2.50. The lowest BCUT2D eigenvalue weighted by Gasteiger charge is -2.08. The van der Waals surface area contributed by atoms with Crippen LogP contribution in [0.4, 0.5) is 0 Å². The van der Waals surface area contributed by atoms with E-state index in [-0.39, 0.29) is 0 Å². The molecule has 2 aromatic rings. The summed E-state index contributed by atoms with van der Waals surface area (Å²) in [5.74, 6) is 1.77. The number of nitrogens with one attached hydrogen (secondary N) is 1. The highest BCUT2D eigenvalue weighted by molar-refractivity contribution is 7.98. The molecule has 2 rings (SSSR count). The second-order valence-corrected chi connectivity index (χ2v) is 4.08. The van der Waals surface area contributed by atoms with Gasteiger partial charge in [0.15, 0.2) is 5.16 Å². The van der Waals surface area contributed by atoms with Crippen molar-refractivity contribution >= 4 is 11.8 Å². The molecular formula is C11H13N3OS. The van der Waals surface area contributed by atoms with E-state index in [1.54, 1.807) is 11.8 Å². The number of aromatic nitrogens is 3. The Labute approximate surface area is 98.4 Å². The van der Waals surface area contributed by atoms with Gasteiger partial charge in [-0.25, -0.2) is 4.98 Å². The molecule has 0 unspecified atom stereocenters. The number of ether oxygens (including phenoxy) is 1. The summed E-state index contributed by atoms with van der Waals surface area (Å²) in [7, 11) is 0. The van der Waals surface area contributed by atoms with E-state index in [4.69, 9.17) is 4.74 Å². The van der Waals surface area contributed by atoms with Crippen LogP contribution in [0.2, 0.25) is 0 Å². The first kappa shape index (κ1) is 11.0. The van der Waals surface area contributed by atoms with Gasteiger partial charge in [0.25, 0.3) is 0 Å². The molecule has 0 saturated heterocycles. The first-order valence-electron chi connectivity index (χ1n) is 5.09. The fraction of sp³-hybridized carbons (Fsp3) is 0.273. The van der Waals surface area contributed by atoms with Gasteiger partial charge in [-0.05, 0) is 13.0 Å². The van der Waals surface area contributed by atoms with Crippen LogP contribution in [-0.2, 0) is 5.75 Å². The molecule has 4 nitrogen and oxygen atoms in total. The van der Waals surface area contributed by atoms with Crippen LogP contribution in [0.1, 0.15) is 12.5 Å². The van der Waals surface area contributed by atoms with Gasteiger partial charge in [0, 0.05) is 11.3 Å². The minimum absolute atomic E-state index is 0.685. The van der Waals surface area contributed by atoms with Gasteiger partial charge in [-0.15, -0.1) is 0 Å². The Morgan fingerprint density at radius 2 is 2.25 bits per heavy atom. The number of para-hydroxylation sites is 1. The smallest absolute Gasteiger partial charge is 0.183 e. The molecule has 16 heavy (non-hydrogen) atoms. The van der Waals surface area contributed by atoms with Gasteiger partial charge in [0.05, 0.1) is 6.61 Å².